The zero-order valence-corrected chi connectivity index (χ0v) is 16.5. The van der Waals surface area contributed by atoms with Crippen LogP contribution in [0.15, 0.2) is 28.7 Å². The van der Waals surface area contributed by atoms with Crippen LogP contribution in [0, 0.1) is 5.82 Å². The molecule has 1 aliphatic heterocycles. The van der Waals surface area contributed by atoms with Gasteiger partial charge in [-0.3, -0.25) is 4.79 Å². The molecule has 0 amide bonds. The van der Waals surface area contributed by atoms with Crippen LogP contribution in [0.2, 0.25) is 0 Å². The summed E-state index contributed by atoms with van der Waals surface area (Å²) < 4.78 is 36.2. The van der Waals surface area contributed by atoms with Crippen LogP contribution in [0.3, 0.4) is 0 Å². The predicted octanol–water partition coefficient (Wildman–Crippen LogP) is 2.62. The molecule has 30 heavy (non-hydrogen) atoms. The molecular weight excluding hydrogens is 396 g/mol. The van der Waals surface area contributed by atoms with E-state index in [1.165, 1.54) is 11.7 Å². The van der Waals surface area contributed by atoms with Gasteiger partial charge >= 0.3 is 5.97 Å². The van der Waals surface area contributed by atoms with E-state index in [-0.39, 0.29) is 28.8 Å². The molecule has 2 heterocycles. The minimum Gasteiger partial charge on any atom is -0.492 e. The maximum atomic E-state index is 15.3. The number of aromatic carboxylic acids is 1. The van der Waals surface area contributed by atoms with Gasteiger partial charge in [0.25, 0.3) is 0 Å². The first-order valence-corrected chi connectivity index (χ1v) is 9.83. The van der Waals surface area contributed by atoms with E-state index in [0.717, 1.165) is 30.7 Å². The molecule has 1 aromatic carbocycles. The van der Waals surface area contributed by atoms with E-state index in [2.05, 4.69) is 0 Å². The fraction of sp³-hybridized carbons (Fsp3) is 0.429. The second-order valence-electron chi connectivity index (χ2n) is 7.66. The van der Waals surface area contributed by atoms with Crippen molar-refractivity contribution in [2.24, 2.45) is 5.73 Å². The fourth-order valence-electron chi connectivity index (χ4n) is 4.21. The Labute approximate surface area is 171 Å². The Kier molecular flexibility index (Phi) is 5.23. The highest BCUT2D eigenvalue weighted by molar-refractivity contribution is 5.97. The van der Waals surface area contributed by atoms with Gasteiger partial charge in [-0.25, -0.2) is 13.6 Å². The third-order valence-corrected chi connectivity index (χ3v) is 5.71. The van der Waals surface area contributed by atoms with Gasteiger partial charge in [0.15, 0.2) is 11.6 Å². The SMILES string of the molecule is COc1c(N2CCCC(=CCN)C2)c(F)cc2c(=O)c(C(=O)O)cn([C@@H]3C[C@@H]3F)c12. The molecule has 2 fully saturated rings. The number of benzene rings is 1. The number of rotatable bonds is 5. The predicted molar refractivity (Wildman–Crippen MR) is 109 cm³/mol. The number of aromatic nitrogens is 1. The summed E-state index contributed by atoms with van der Waals surface area (Å²) in [6.45, 7) is 1.42. The quantitative estimate of drug-likeness (QED) is 0.723. The number of halogens is 2. The van der Waals surface area contributed by atoms with E-state index in [0.29, 0.717) is 19.6 Å². The number of pyridine rings is 1. The van der Waals surface area contributed by atoms with Crippen molar-refractivity contribution in [1.82, 2.24) is 4.57 Å². The molecule has 9 heteroatoms. The van der Waals surface area contributed by atoms with Crippen molar-refractivity contribution < 1.29 is 23.4 Å². The van der Waals surface area contributed by atoms with Gasteiger partial charge in [0.1, 0.15) is 17.4 Å². The number of ether oxygens (including phenoxy) is 1. The second-order valence-corrected chi connectivity index (χ2v) is 7.66. The number of carboxylic acid groups (broad SMARTS) is 1. The third kappa shape index (κ3) is 3.32. The molecule has 2 atom stereocenters. The first-order chi connectivity index (χ1) is 14.4. The molecule has 1 saturated carbocycles. The van der Waals surface area contributed by atoms with Crippen molar-refractivity contribution in [1.29, 1.82) is 0 Å². The summed E-state index contributed by atoms with van der Waals surface area (Å²) >= 11 is 0. The zero-order valence-electron chi connectivity index (χ0n) is 16.5. The maximum Gasteiger partial charge on any atom is 0.341 e. The average molecular weight is 419 g/mol. The molecule has 2 aliphatic rings. The summed E-state index contributed by atoms with van der Waals surface area (Å²) in [5.41, 5.74) is 5.74. The lowest BCUT2D eigenvalue weighted by Crippen LogP contribution is -2.33. The van der Waals surface area contributed by atoms with Gasteiger partial charge < -0.3 is 25.0 Å². The van der Waals surface area contributed by atoms with E-state index < -0.39 is 35.0 Å². The number of piperidine rings is 1. The highest BCUT2D eigenvalue weighted by Crippen LogP contribution is 2.45. The Balaban J connectivity index is 1.99. The Morgan fingerprint density at radius 1 is 1.47 bits per heavy atom. The Bertz CT molecular complexity index is 1110. The molecule has 0 bridgehead atoms. The fourth-order valence-corrected chi connectivity index (χ4v) is 4.21. The molecule has 4 rings (SSSR count). The first-order valence-electron chi connectivity index (χ1n) is 9.83. The molecule has 0 spiro atoms. The minimum atomic E-state index is -1.44. The summed E-state index contributed by atoms with van der Waals surface area (Å²) in [4.78, 5) is 26.1. The van der Waals surface area contributed by atoms with Crippen molar-refractivity contribution in [3.63, 3.8) is 0 Å². The molecule has 7 nitrogen and oxygen atoms in total. The number of carboxylic acids is 1. The van der Waals surface area contributed by atoms with Gasteiger partial charge in [0.05, 0.1) is 24.1 Å². The first kappa shape index (κ1) is 20.3. The summed E-state index contributed by atoms with van der Waals surface area (Å²) in [5.74, 6) is -2.03. The Morgan fingerprint density at radius 2 is 2.20 bits per heavy atom. The molecule has 3 N–H and O–H groups in total. The number of nitrogens with zero attached hydrogens (tertiary/aromatic N) is 2. The van der Waals surface area contributed by atoms with Gasteiger partial charge in [-0.05, 0) is 18.9 Å². The lowest BCUT2D eigenvalue weighted by Gasteiger charge is -2.32. The number of alkyl halides is 1. The van der Waals surface area contributed by atoms with E-state index in [9.17, 15) is 19.1 Å². The van der Waals surface area contributed by atoms with Gasteiger partial charge in [-0.15, -0.1) is 0 Å². The summed E-state index contributed by atoms with van der Waals surface area (Å²) in [6.07, 6.45) is 3.74. The number of fused-ring (bicyclic) bond motifs is 1. The van der Waals surface area contributed by atoms with Gasteiger partial charge in [0.2, 0.25) is 5.43 Å². The van der Waals surface area contributed by atoms with Crippen LogP contribution >= 0.6 is 0 Å². The highest BCUT2D eigenvalue weighted by atomic mass is 19.1. The van der Waals surface area contributed by atoms with Gasteiger partial charge in [-0.1, -0.05) is 11.6 Å². The number of hydrogen-bond acceptors (Lipinski definition) is 5. The summed E-state index contributed by atoms with van der Waals surface area (Å²) in [5, 5.41) is 9.26. The minimum absolute atomic E-state index is 0.104. The summed E-state index contributed by atoms with van der Waals surface area (Å²) in [7, 11) is 1.36. The van der Waals surface area contributed by atoms with Crippen molar-refractivity contribution >= 4 is 22.6 Å². The molecule has 1 aromatic heterocycles. The topological polar surface area (TPSA) is 97.8 Å². The Morgan fingerprint density at radius 3 is 2.80 bits per heavy atom. The molecule has 1 saturated heterocycles. The third-order valence-electron chi connectivity index (χ3n) is 5.71. The van der Waals surface area contributed by atoms with Crippen LogP contribution in [0.5, 0.6) is 5.75 Å². The normalized spacial score (nSPS) is 22.5. The molecule has 2 aromatic rings. The van der Waals surface area contributed by atoms with Gasteiger partial charge in [-0.2, -0.15) is 0 Å². The zero-order chi connectivity index (χ0) is 21.6. The van der Waals surface area contributed by atoms with Crippen LogP contribution in [0.1, 0.15) is 35.7 Å². The number of anilines is 1. The average Bonchev–Trinajstić information content (AvgIpc) is 3.44. The number of methoxy groups -OCH3 is 1. The van der Waals surface area contributed by atoms with Crippen LogP contribution in [0.4, 0.5) is 14.5 Å². The lowest BCUT2D eigenvalue weighted by molar-refractivity contribution is 0.0694. The Hall–Kier alpha value is -2.94. The number of nitrogens with two attached hydrogens (primary N) is 1. The molecule has 1 aliphatic carbocycles. The standard InChI is InChI=1S/C21H23F2N3O4/c1-30-20-17-12(19(27)13(21(28)29)10-26(17)16-8-14(16)22)7-15(23)18(20)25-6-2-3-11(9-25)4-5-24/h4,7,10,14,16H,2-3,5-6,8-9,24H2,1H3,(H,28,29)/t14-,16+/m0/s1. The van der Waals surface area contributed by atoms with E-state index in [1.54, 1.807) is 0 Å². The van der Waals surface area contributed by atoms with Gasteiger partial charge in [0, 0.05) is 32.3 Å². The molecule has 0 radical (unpaired) electrons. The maximum absolute atomic E-state index is 15.3. The second kappa shape index (κ2) is 7.71. The van der Waals surface area contributed by atoms with Crippen molar-refractivity contribution in [3.05, 3.63) is 45.5 Å². The number of carbonyl (C=O) groups is 1. The molecule has 160 valence electrons. The lowest BCUT2D eigenvalue weighted by atomic mass is 10.0. The smallest absolute Gasteiger partial charge is 0.341 e. The van der Waals surface area contributed by atoms with Crippen LogP contribution in [0.25, 0.3) is 10.9 Å². The van der Waals surface area contributed by atoms with Crippen LogP contribution < -0.4 is 20.8 Å². The largest absolute Gasteiger partial charge is 0.492 e. The van der Waals surface area contributed by atoms with Crippen LogP contribution in [-0.2, 0) is 0 Å². The van der Waals surface area contributed by atoms with E-state index in [1.807, 2.05) is 11.0 Å². The molecule has 0 unspecified atom stereocenters. The van der Waals surface area contributed by atoms with Crippen molar-refractivity contribution in [2.75, 3.05) is 31.6 Å². The van der Waals surface area contributed by atoms with Crippen molar-refractivity contribution in [2.45, 2.75) is 31.5 Å². The summed E-state index contributed by atoms with van der Waals surface area (Å²) in [6, 6.07) is 0.419. The van der Waals surface area contributed by atoms with E-state index in [4.69, 9.17) is 10.5 Å². The highest BCUT2D eigenvalue weighted by Gasteiger charge is 2.41. The van der Waals surface area contributed by atoms with Crippen LogP contribution in [-0.4, -0.2) is 48.6 Å². The number of hydrogen-bond donors (Lipinski definition) is 2. The van der Waals surface area contributed by atoms with Crippen molar-refractivity contribution in [3.8, 4) is 5.75 Å². The van der Waals surface area contributed by atoms with E-state index >= 15 is 4.39 Å². The molecular formula is C21H23F2N3O4. The monoisotopic (exact) mass is 419 g/mol.